The molecule has 3 heterocycles. The van der Waals surface area contributed by atoms with E-state index in [1.165, 1.54) is 17.0 Å². The van der Waals surface area contributed by atoms with Crippen molar-refractivity contribution >= 4 is 16.8 Å². The molecule has 0 aliphatic carbocycles. The molecule has 146 valence electrons. The van der Waals surface area contributed by atoms with Crippen LogP contribution in [0.15, 0.2) is 48.8 Å². The molecule has 0 saturated carbocycles. The monoisotopic (exact) mass is 393 g/mol. The maximum absolute atomic E-state index is 14.8. The van der Waals surface area contributed by atoms with Gasteiger partial charge in [0.2, 0.25) is 0 Å². The van der Waals surface area contributed by atoms with E-state index in [1.807, 2.05) is 25.4 Å². The number of hydrogen-bond donors (Lipinski definition) is 0. The molecule has 4 aromatic rings. The van der Waals surface area contributed by atoms with Crippen molar-refractivity contribution < 1.29 is 13.6 Å². The molecule has 0 atom stereocenters. The van der Waals surface area contributed by atoms with Crippen molar-refractivity contribution in [1.82, 2.24) is 24.5 Å². The number of halogens is 2. The van der Waals surface area contributed by atoms with Crippen molar-refractivity contribution in [3.05, 3.63) is 71.7 Å². The first-order chi connectivity index (χ1) is 14.0. The average Bonchev–Trinajstić information content (AvgIpc) is 3.31. The lowest BCUT2D eigenvalue weighted by Gasteiger charge is -2.27. The Morgan fingerprint density at radius 3 is 2.62 bits per heavy atom. The van der Waals surface area contributed by atoms with Crippen LogP contribution in [-0.4, -0.2) is 36.9 Å². The van der Waals surface area contributed by atoms with Gasteiger partial charge in [-0.25, -0.2) is 8.78 Å². The van der Waals surface area contributed by atoms with E-state index in [0.717, 1.165) is 10.9 Å². The summed E-state index contributed by atoms with van der Waals surface area (Å²) in [6.07, 6.45) is 3.40. The Balaban J connectivity index is 1.46. The van der Waals surface area contributed by atoms with Gasteiger partial charge in [-0.3, -0.25) is 14.2 Å². The smallest absolute Gasteiger partial charge is 0.272 e. The van der Waals surface area contributed by atoms with Gasteiger partial charge in [-0.15, -0.1) is 0 Å². The Kier molecular flexibility index (Phi) is 3.94. The molecule has 0 N–H and O–H groups in total. The molecule has 1 amide bonds. The van der Waals surface area contributed by atoms with E-state index in [1.54, 1.807) is 27.7 Å². The van der Waals surface area contributed by atoms with Gasteiger partial charge in [0, 0.05) is 36.9 Å². The summed E-state index contributed by atoms with van der Waals surface area (Å²) < 4.78 is 32.9. The number of nitrogens with zero attached hydrogens (tertiary/aromatic N) is 5. The first-order valence-corrected chi connectivity index (χ1v) is 9.22. The fraction of sp³-hybridized carbons (Fsp3) is 0.190. The normalized spacial score (nSPS) is 13.9. The molecule has 0 bridgehead atoms. The molecule has 1 aliphatic rings. The van der Waals surface area contributed by atoms with E-state index in [0.29, 0.717) is 29.9 Å². The van der Waals surface area contributed by atoms with E-state index in [9.17, 15) is 13.6 Å². The summed E-state index contributed by atoms with van der Waals surface area (Å²) in [6.45, 7) is 0.732. The summed E-state index contributed by atoms with van der Waals surface area (Å²) in [4.78, 5) is 14.0. The van der Waals surface area contributed by atoms with E-state index in [4.69, 9.17) is 0 Å². The van der Waals surface area contributed by atoms with Crippen LogP contribution in [0.4, 0.5) is 8.78 Å². The number of hydrogen-bond acceptors (Lipinski definition) is 3. The van der Waals surface area contributed by atoms with Crippen molar-refractivity contribution in [2.75, 3.05) is 6.54 Å². The predicted octanol–water partition coefficient (Wildman–Crippen LogP) is 3.37. The van der Waals surface area contributed by atoms with Crippen LogP contribution in [0.2, 0.25) is 0 Å². The second-order valence-corrected chi connectivity index (χ2v) is 7.16. The molecule has 0 unspecified atom stereocenters. The average molecular weight is 393 g/mol. The van der Waals surface area contributed by atoms with Crippen molar-refractivity contribution in [2.24, 2.45) is 7.05 Å². The minimum Gasteiger partial charge on any atom is -0.331 e. The summed E-state index contributed by atoms with van der Waals surface area (Å²) in [6, 6.07) is 9.70. The van der Waals surface area contributed by atoms with E-state index >= 15 is 0 Å². The Morgan fingerprint density at radius 1 is 1.03 bits per heavy atom. The second-order valence-electron chi connectivity index (χ2n) is 7.16. The maximum atomic E-state index is 14.8. The largest absolute Gasteiger partial charge is 0.331 e. The third-order valence-corrected chi connectivity index (χ3v) is 5.25. The number of rotatable bonds is 3. The zero-order chi connectivity index (χ0) is 20.1. The minimum absolute atomic E-state index is 0.113. The standard InChI is InChI=1S/C21H17F2N5O/c1-26-11-15-8-13(2-3-19(15)25-26)14-9-17(22)16(18(23)10-14)12-27-6-7-28-20(21(27)29)4-5-24-28/h2-5,8-11H,6-7,12H2,1H3. The number of benzene rings is 2. The summed E-state index contributed by atoms with van der Waals surface area (Å²) in [5.74, 6) is -1.62. The van der Waals surface area contributed by atoms with Crippen LogP contribution < -0.4 is 0 Å². The van der Waals surface area contributed by atoms with E-state index in [-0.39, 0.29) is 18.0 Å². The van der Waals surface area contributed by atoms with Gasteiger partial charge in [0.05, 0.1) is 18.6 Å². The maximum Gasteiger partial charge on any atom is 0.272 e. The Labute approximate surface area is 165 Å². The first-order valence-electron chi connectivity index (χ1n) is 9.22. The van der Waals surface area contributed by atoms with E-state index in [2.05, 4.69) is 10.2 Å². The molecule has 6 nitrogen and oxygen atoms in total. The molecule has 0 fully saturated rings. The fourth-order valence-electron chi connectivity index (χ4n) is 3.76. The summed E-state index contributed by atoms with van der Waals surface area (Å²) >= 11 is 0. The summed E-state index contributed by atoms with van der Waals surface area (Å²) in [5.41, 5.74) is 2.28. The molecule has 0 radical (unpaired) electrons. The third-order valence-electron chi connectivity index (χ3n) is 5.25. The quantitative estimate of drug-likeness (QED) is 0.536. The molecule has 0 saturated heterocycles. The number of carbonyl (C=O) groups excluding carboxylic acids is 1. The number of aromatic nitrogens is 4. The molecule has 5 rings (SSSR count). The van der Waals surface area contributed by atoms with Crippen molar-refractivity contribution in [3.8, 4) is 11.1 Å². The van der Waals surface area contributed by atoms with E-state index < -0.39 is 11.6 Å². The molecule has 0 spiro atoms. The zero-order valence-electron chi connectivity index (χ0n) is 15.6. The van der Waals surface area contributed by atoms with Crippen molar-refractivity contribution in [2.45, 2.75) is 13.1 Å². The zero-order valence-corrected chi connectivity index (χ0v) is 15.6. The SMILES string of the molecule is Cn1cc2cc(-c3cc(F)c(CN4CCn5nccc5C4=O)c(F)c3)ccc2n1. The lowest BCUT2D eigenvalue weighted by molar-refractivity contribution is 0.0680. The highest BCUT2D eigenvalue weighted by atomic mass is 19.1. The molecule has 8 heteroatoms. The molecule has 29 heavy (non-hydrogen) atoms. The molecule has 2 aromatic carbocycles. The van der Waals surface area contributed by atoms with Gasteiger partial charge < -0.3 is 4.90 Å². The van der Waals surface area contributed by atoms with Crippen LogP contribution in [0.5, 0.6) is 0 Å². The predicted molar refractivity (Wildman–Crippen MR) is 103 cm³/mol. The van der Waals surface area contributed by atoms with Crippen molar-refractivity contribution in [3.63, 3.8) is 0 Å². The summed E-state index contributed by atoms with van der Waals surface area (Å²) in [7, 11) is 1.82. The van der Waals surface area contributed by atoms with Gasteiger partial charge >= 0.3 is 0 Å². The highest BCUT2D eigenvalue weighted by Gasteiger charge is 2.26. The van der Waals surface area contributed by atoms with Gasteiger partial charge in [-0.1, -0.05) is 6.07 Å². The Hall–Kier alpha value is -3.55. The van der Waals surface area contributed by atoms with Crippen LogP contribution >= 0.6 is 0 Å². The highest BCUT2D eigenvalue weighted by molar-refractivity contribution is 5.93. The van der Waals surface area contributed by atoms with Gasteiger partial charge in [-0.2, -0.15) is 10.2 Å². The second kappa shape index (κ2) is 6.51. The Bertz CT molecular complexity index is 1240. The van der Waals surface area contributed by atoms with Crippen LogP contribution in [0, 0.1) is 11.6 Å². The molecule has 1 aliphatic heterocycles. The lowest BCUT2D eigenvalue weighted by atomic mass is 10.0. The highest BCUT2D eigenvalue weighted by Crippen LogP contribution is 2.28. The van der Waals surface area contributed by atoms with Gasteiger partial charge in [0.15, 0.2) is 0 Å². The van der Waals surface area contributed by atoms with Crippen LogP contribution in [0.1, 0.15) is 16.1 Å². The molecular weight excluding hydrogens is 376 g/mol. The van der Waals surface area contributed by atoms with Gasteiger partial charge in [0.1, 0.15) is 17.3 Å². The number of amides is 1. The topological polar surface area (TPSA) is 56.0 Å². The minimum atomic E-state index is -0.668. The first kappa shape index (κ1) is 17.5. The number of fused-ring (bicyclic) bond motifs is 2. The molecule has 2 aromatic heterocycles. The molecular formula is C21H17F2N5O. The van der Waals surface area contributed by atoms with Crippen molar-refractivity contribution in [1.29, 1.82) is 0 Å². The van der Waals surface area contributed by atoms with Crippen LogP contribution in [-0.2, 0) is 20.1 Å². The number of aryl methyl sites for hydroxylation is 1. The lowest BCUT2D eigenvalue weighted by Crippen LogP contribution is -2.40. The van der Waals surface area contributed by atoms with Gasteiger partial charge in [-0.05, 0) is 41.5 Å². The van der Waals surface area contributed by atoms with Crippen LogP contribution in [0.3, 0.4) is 0 Å². The fourth-order valence-corrected chi connectivity index (χ4v) is 3.76. The Morgan fingerprint density at radius 2 is 1.83 bits per heavy atom. The third kappa shape index (κ3) is 2.97. The van der Waals surface area contributed by atoms with Gasteiger partial charge in [0.25, 0.3) is 5.91 Å². The number of carbonyl (C=O) groups is 1. The summed E-state index contributed by atoms with van der Waals surface area (Å²) in [5, 5.41) is 9.27. The van der Waals surface area contributed by atoms with Crippen LogP contribution in [0.25, 0.3) is 22.0 Å².